The van der Waals surface area contributed by atoms with Crippen LogP contribution in [-0.4, -0.2) is 18.4 Å². The third kappa shape index (κ3) is 5.23. The molecular weight excluding hydrogens is 371 g/mol. The summed E-state index contributed by atoms with van der Waals surface area (Å²) in [7, 11) is 0. The molecule has 0 bridgehead atoms. The molecular formula is C20H20Cl2N2O2. The van der Waals surface area contributed by atoms with Crippen molar-refractivity contribution in [3.63, 3.8) is 0 Å². The Bertz CT molecular complexity index is 771. The third-order valence-corrected chi connectivity index (χ3v) is 4.94. The van der Waals surface area contributed by atoms with E-state index in [1.165, 1.54) is 0 Å². The van der Waals surface area contributed by atoms with Crippen molar-refractivity contribution in [3.8, 4) is 0 Å². The Morgan fingerprint density at radius 3 is 2.08 bits per heavy atom. The van der Waals surface area contributed by atoms with E-state index in [1.807, 2.05) is 24.3 Å². The van der Waals surface area contributed by atoms with E-state index in [9.17, 15) is 9.59 Å². The minimum atomic E-state index is -0.226. The normalized spacial score (nSPS) is 14.5. The van der Waals surface area contributed by atoms with Gasteiger partial charge in [0.1, 0.15) is 0 Å². The maximum absolute atomic E-state index is 12.6. The molecule has 2 aromatic carbocycles. The van der Waals surface area contributed by atoms with Crippen LogP contribution in [0.1, 0.15) is 29.9 Å². The van der Waals surface area contributed by atoms with Crippen LogP contribution in [0.5, 0.6) is 0 Å². The fraction of sp³-hybridized carbons (Fsp3) is 0.300. The number of nitrogens with one attached hydrogen (secondary N) is 2. The predicted octanol–water partition coefficient (Wildman–Crippen LogP) is 3.92. The van der Waals surface area contributed by atoms with Gasteiger partial charge in [-0.15, -0.1) is 0 Å². The van der Waals surface area contributed by atoms with Crippen LogP contribution < -0.4 is 10.6 Å². The summed E-state index contributed by atoms with van der Waals surface area (Å²) in [4.78, 5) is 24.6. The molecule has 2 aromatic rings. The molecule has 1 saturated carbocycles. The van der Waals surface area contributed by atoms with Gasteiger partial charge in [0.05, 0.1) is 12.5 Å². The third-order valence-electron chi connectivity index (χ3n) is 4.43. The van der Waals surface area contributed by atoms with Crippen LogP contribution in [0.3, 0.4) is 0 Å². The molecule has 1 fully saturated rings. The Labute approximate surface area is 162 Å². The summed E-state index contributed by atoms with van der Waals surface area (Å²) in [5.41, 5.74) is 1.89. The van der Waals surface area contributed by atoms with Gasteiger partial charge in [-0.3, -0.25) is 9.59 Å². The second-order valence-electron chi connectivity index (χ2n) is 6.49. The topological polar surface area (TPSA) is 58.2 Å². The largest absolute Gasteiger partial charge is 0.350 e. The van der Waals surface area contributed by atoms with Gasteiger partial charge < -0.3 is 10.6 Å². The lowest BCUT2D eigenvalue weighted by atomic mass is 9.93. The number of rotatable bonds is 7. The van der Waals surface area contributed by atoms with E-state index in [1.54, 1.807) is 24.3 Å². The van der Waals surface area contributed by atoms with Gasteiger partial charge in [0.25, 0.3) is 0 Å². The monoisotopic (exact) mass is 390 g/mol. The Balaban J connectivity index is 1.50. The average Bonchev–Trinajstić information content (AvgIpc) is 3.46. The molecule has 3 rings (SSSR count). The van der Waals surface area contributed by atoms with Crippen molar-refractivity contribution in [1.82, 2.24) is 10.6 Å². The highest BCUT2D eigenvalue weighted by Crippen LogP contribution is 2.42. The molecule has 2 N–H and O–H groups in total. The quantitative estimate of drug-likeness (QED) is 0.752. The molecule has 2 amide bonds. The molecule has 1 aliphatic rings. The first-order valence-corrected chi connectivity index (χ1v) is 9.33. The molecule has 0 saturated heterocycles. The van der Waals surface area contributed by atoms with Crippen LogP contribution in [0.25, 0.3) is 0 Å². The van der Waals surface area contributed by atoms with Crippen molar-refractivity contribution in [2.45, 2.75) is 25.3 Å². The molecule has 1 aliphatic carbocycles. The lowest BCUT2D eigenvalue weighted by Crippen LogP contribution is -2.39. The second kappa shape index (κ2) is 8.56. The molecule has 0 aromatic heterocycles. The van der Waals surface area contributed by atoms with Crippen LogP contribution in [0.4, 0.5) is 0 Å². The SMILES string of the molecule is O=C(CNC(=O)C(c1ccc(Cl)cc1)C1CC1)NCc1ccc(Cl)cc1. The maximum atomic E-state index is 12.6. The number of benzene rings is 2. The molecule has 0 spiro atoms. The standard InChI is InChI=1S/C20H20Cl2N2O2/c21-16-7-1-13(2-8-16)11-23-18(25)12-24-20(26)19(14-3-4-14)15-5-9-17(22)10-6-15/h1-2,5-10,14,19H,3-4,11-12H2,(H,23,25)(H,24,26). The summed E-state index contributed by atoms with van der Waals surface area (Å²) in [6.45, 7) is 0.359. The Hall–Kier alpha value is -2.04. The zero-order chi connectivity index (χ0) is 18.5. The van der Waals surface area contributed by atoms with E-state index in [0.717, 1.165) is 24.0 Å². The zero-order valence-corrected chi connectivity index (χ0v) is 15.7. The van der Waals surface area contributed by atoms with Crippen molar-refractivity contribution < 1.29 is 9.59 Å². The molecule has 0 radical (unpaired) electrons. The van der Waals surface area contributed by atoms with E-state index in [4.69, 9.17) is 23.2 Å². The van der Waals surface area contributed by atoms with Gasteiger partial charge in [-0.2, -0.15) is 0 Å². The Morgan fingerprint density at radius 2 is 1.50 bits per heavy atom. The smallest absolute Gasteiger partial charge is 0.239 e. The van der Waals surface area contributed by atoms with Gasteiger partial charge in [0.2, 0.25) is 11.8 Å². The summed E-state index contributed by atoms with van der Waals surface area (Å²) in [5.74, 6) is -0.222. The number of hydrogen-bond acceptors (Lipinski definition) is 2. The van der Waals surface area contributed by atoms with E-state index in [2.05, 4.69) is 10.6 Å². The lowest BCUT2D eigenvalue weighted by molar-refractivity contribution is -0.127. The lowest BCUT2D eigenvalue weighted by Gasteiger charge is -2.17. The number of halogens is 2. The van der Waals surface area contributed by atoms with Gasteiger partial charge >= 0.3 is 0 Å². The minimum absolute atomic E-state index is 0.0385. The van der Waals surface area contributed by atoms with Crippen molar-refractivity contribution in [1.29, 1.82) is 0 Å². The van der Waals surface area contributed by atoms with Crippen molar-refractivity contribution in [2.75, 3.05) is 6.54 Å². The fourth-order valence-corrected chi connectivity index (χ4v) is 3.13. The van der Waals surface area contributed by atoms with Crippen LogP contribution in [0.2, 0.25) is 10.0 Å². The molecule has 26 heavy (non-hydrogen) atoms. The second-order valence-corrected chi connectivity index (χ2v) is 7.36. The molecule has 4 nitrogen and oxygen atoms in total. The number of carbonyl (C=O) groups is 2. The van der Waals surface area contributed by atoms with Gasteiger partial charge in [0.15, 0.2) is 0 Å². The Morgan fingerprint density at radius 1 is 0.923 bits per heavy atom. The molecule has 6 heteroatoms. The predicted molar refractivity (Wildman–Crippen MR) is 103 cm³/mol. The van der Waals surface area contributed by atoms with Crippen LogP contribution in [-0.2, 0) is 16.1 Å². The summed E-state index contributed by atoms with van der Waals surface area (Å²) in [6.07, 6.45) is 2.06. The first-order valence-electron chi connectivity index (χ1n) is 8.57. The van der Waals surface area contributed by atoms with Gasteiger partial charge in [0, 0.05) is 16.6 Å². The number of carbonyl (C=O) groups excluding carboxylic acids is 2. The molecule has 0 aliphatic heterocycles. The van der Waals surface area contributed by atoms with Gasteiger partial charge in [-0.25, -0.2) is 0 Å². The highest BCUT2D eigenvalue weighted by Gasteiger charge is 2.37. The van der Waals surface area contributed by atoms with Gasteiger partial charge in [-0.1, -0.05) is 47.5 Å². The first kappa shape index (κ1) is 18.7. The first-order chi connectivity index (χ1) is 12.5. The van der Waals surface area contributed by atoms with Crippen molar-refractivity contribution in [3.05, 3.63) is 69.7 Å². The number of hydrogen-bond donors (Lipinski definition) is 2. The van der Waals surface area contributed by atoms with E-state index in [-0.39, 0.29) is 24.3 Å². The molecule has 136 valence electrons. The number of amides is 2. The van der Waals surface area contributed by atoms with Crippen LogP contribution in [0.15, 0.2) is 48.5 Å². The summed E-state index contributed by atoms with van der Waals surface area (Å²) in [5, 5.41) is 6.85. The highest BCUT2D eigenvalue weighted by molar-refractivity contribution is 6.30. The van der Waals surface area contributed by atoms with Crippen LogP contribution >= 0.6 is 23.2 Å². The van der Waals surface area contributed by atoms with Gasteiger partial charge in [-0.05, 0) is 54.2 Å². The molecule has 0 heterocycles. The maximum Gasteiger partial charge on any atom is 0.239 e. The van der Waals surface area contributed by atoms with Crippen molar-refractivity contribution >= 4 is 35.0 Å². The van der Waals surface area contributed by atoms with E-state index < -0.39 is 0 Å². The van der Waals surface area contributed by atoms with Crippen LogP contribution in [0, 0.1) is 5.92 Å². The minimum Gasteiger partial charge on any atom is -0.350 e. The Kier molecular flexibility index (Phi) is 6.17. The van der Waals surface area contributed by atoms with Crippen molar-refractivity contribution in [2.24, 2.45) is 5.92 Å². The molecule has 1 atom stereocenters. The molecule has 1 unspecified atom stereocenters. The zero-order valence-electron chi connectivity index (χ0n) is 14.2. The summed E-state index contributed by atoms with van der Waals surface area (Å²) in [6, 6.07) is 14.6. The highest BCUT2D eigenvalue weighted by atomic mass is 35.5. The summed E-state index contributed by atoms with van der Waals surface area (Å²) < 4.78 is 0. The average molecular weight is 391 g/mol. The summed E-state index contributed by atoms with van der Waals surface area (Å²) >= 11 is 11.8. The van der Waals surface area contributed by atoms with E-state index in [0.29, 0.717) is 22.5 Å². The van der Waals surface area contributed by atoms with E-state index >= 15 is 0 Å². The fourth-order valence-electron chi connectivity index (χ4n) is 2.88.